The van der Waals surface area contributed by atoms with Crippen LogP contribution in [0.5, 0.6) is 0 Å². The zero-order valence-electron chi connectivity index (χ0n) is 11.8. The van der Waals surface area contributed by atoms with Gasteiger partial charge in [0.25, 0.3) is 0 Å². The highest BCUT2D eigenvalue weighted by atomic mass is 16.2. The molecule has 100 valence electrons. The summed E-state index contributed by atoms with van der Waals surface area (Å²) in [6, 6.07) is 0.568. The lowest BCUT2D eigenvalue weighted by Crippen LogP contribution is -2.30. The molecule has 1 fully saturated rings. The Morgan fingerprint density at radius 2 is 2.12 bits per heavy atom. The number of nitrogens with one attached hydrogen (secondary N) is 1. The maximum Gasteiger partial charge on any atom is 0.222 e. The topological polar surface area (TPSA) is 32.3 Å². The number of hydrogen-bond acceptors (Lipinski definition) is 2. The van der Waals surface area contributed by atoms with Gasteiger partial charge in [-0.05, 0) is 38.1 Å². The standard InChI is InChI=1S/C14H28N2O/c1-5-15-12(4)7-6-8-16-10-13(11(2)3)9-14(16)17/h11-13,15H,5-10H2,1-4H3. The van der Waals surface area contributed by atoms with Crippen molar-refractivity contribution in [2.75, 3.05) is 19.6 Å². The number of nitrogens with zero attached hydrogens (tertiary/aromatic N) is 1. The van der Waals surface area contributed by atoms with Crippen molar-refractivity contribution in [1.82, 2.24) is 10.2 Å². The Bertz CT molecular complexity index is 240. The fourth-order valence-electron chi connectivity index (χ4n) is 2.50. The zero-order chi connectivity index (χ0) is 12.8. The summed E-state index contributed by atoms with van der Waals surface area (Å²) in [6.45, 7) is 11.7. The van der Waals surface area contributed by atoms with Gasteiger partial charge in [0.1, 0.15) is 0 Å². The van der Waals surface area contributed by atoms with Crippen LogP contribution in [0.15, 0.2) is 0 Å². The van der Waals surface area contributed by atoms with E-state index in [0.29, 0.717) is 23.8 Å². The predicted molar refractivity (Wildman–Crippen MR) is 71.9 cm³/mol. The van der Waals surface area contributed by atoms with Gasteiger partial charge in [0, 0.05) is 25.6 Å². The van der Waals surface area contributed by atoms with Crippen LogP contribution in [-0.2, 0) is 4.79 Å². The Balaban J connectivity index is 2.22. The molecule has 0 spiro atoms. The molecule has 2 unspecified atom stereocenters. The number of hydrogen-bond donors (Lipinski definition) is 1. The van der Waals surface area contributed by atoms with E-state index in [4.69, 9.17) is 0 Å². The van der Waals surface area contributed by atoms with Crippen LogP contribution >= 0.6 is 0 Å². The van der Waals surface area contributed by atoms with Gasteiger partial charge >= 0.3 is 0 Å². The van der Waals surface area contributed by atoms with Crippen molar-refractivity contribution >= 4 is 5.91 Å². The first kappa shape index (κ1) is 14.5. The van der Waals surface area contributed by atoms with Crippen molar-refractivity contribution < 1.29 is 4.79 Å². The summed E-state index contributed by atoms with van der Waals surface area (Å²) in [5, 5.41) is 3.41. The highest BCUT2D eigenvalue weighted by Crippen LogP contribution is 2.24. The van der Waals surface area contributed by atoms with Gasteiger partial charge in [0.2, 0.25) is 5.91 Å². The minimum Gasteiger partial charge on any atom is -0.342 e. The lowest BCUT2D eigenvalue weighted by Gasteiger charge is -2.19. The maximum absolute atomic E-state index is 11.8. The molecule has 0 radical (unpaired) electrons. The molecule has 3 nitrogen and oxygen atoms in total. The molecular weight excluding hydrogens is 212 g/mol. The molecule has 0 aromatic carbocycles. The molecule has 0 aliphatic carbocycles. The zero-order valence-corrected chi connectivity index (χ0v) is 11.8. The average molecular weight is 240 g/mol. The van der Waals surface area contributed by atoms with E-state index in [1.165, 1.54) is 0 Å². The SMILES string of the molecule is CCNC(C)CCCN1CC(C(C)C)CC1=O. The van der Waals surface area contributed by atoms with E-state index < -0.39 is 0 Å². The highest BCUT2D eigenvalue weighted by Gasteiger charge is 2.30. The summed E-state index contributed by atoms with van der Waals surface area (Å²) in [5.41, 5.74) is 0. The molecule has 1 aliphatic rings. The monoisotopic (exact) mass is 240 g/mol. The Kier molecular flexibility index (Phi) is 5.96. The summed E-state index contributed by atoms with van der Waals surface area (Å²) < 4.78 is 0. The van der Waals surface area contributed by atoms with E-state index in [2.05, 4.69) is 37.9 Å². The predicted octanol–water partition coefficient (Wildman–Crippen LogP) is 2.27. The van der Waals surface area contributed by atoms with Gasteiger partial charge in [-0.1, -0.05) is 20.8 Å². The molecule has 1 heterocycles. The molecule has 1 N–H and O–H groups in total. The highest BCUT2D eigenvalue weighted by molar-refractivity contribution is 5.78. The third-order valence-corrected chi connectivity index (χ3v) is 3.80. The van der Waals surface area contributed by atoms with E-state index >= 15 is 0 Å². The van der Waals surface area contributed by atoms with Gasteiger partial charge in [-0.25, -0.2) is 0 Å². The fourth-order valence-corrected chi connectivity index (χ4v) is 2.50. The quantitative estimate of drug-likeness (QED) is 0.740. The smallest absolute Gasteiger partial charge is 0.222 e. The van der Waals surface area contributed by atoms with Gasteiger partial charge in [-0.15, -0.1) is 0 Å². The molecular formula is C14H28N2O. The molecule has 2 atom stereocenters. The molecule has 17 heavy (non-hydrogen) atoms. The van der Waals surface area contributed by atoms with Crippen molar-refractivity contribution in [3.8, 4) is 0 Å². The third kappa shape index (κ3) is 4.66. The Hall–Kier alpha value is -0.570. The number of rotatable bonds is 7. The molecule has 1 aliphatic heterocycles. The van der Waals surface area contributed by atoms with E-state index in [0.717, 1.165) is 38.9 Å². The number of carbonyl (C=O) groups is 1. The van der Waals surface area contributed by atoms with Crippen LogP contribution in [0.2, 0.25) is 0 Å². The van der Waals surface area contributed by atoms with Gasteiger partial charge in [-0.3, -0.25) is 4.79 Å². The van der Waals surface area contributed by atoms with Crippen molar-refractivity contribution in [1.29, 1.82) is 0 Å². The van der Waals surface area contributed by atoms with Crippen molar-refractivity contribution in [3.05, 3.63) is 0 Å². The summed E-state index contributed by atoms with van der Waals surface area (Å²) in [6.07, 6.45) is 3.04. The van der Waals surface area contributed by atoms with E-state index in [1.807, 2.05) is 0 Å². The third-order valence-electron chi connectivity index (χ3n) is 3.80. The molecule has 1 amide bonds. The Morgan fingerprint density at radius 1 is 1.41 bits per heavy atom. The molecule has 1 saturated heterocycles. The minimum atomic E-state index is 0.361. The maximum atomic E-state index is 11.8. The van der Waals surface area contributed by atoms with Crippen LogP contribution in [0.25, 0.3) is 0 Å². The lowest BCUT2D eigenvalue weighted by molar-refractivity contribution is -0.127. The summed E-state index contributed by atoms with van der Waals surface area (Å²) in [4.78, 5) is 13.9. The lowest BCUT2D eigenvalue weighted by atomic mass is 9.95. The average Bonchev–Trinajstić information content (AvgIpc) is 2.61. The van der Waals surface area contributed by atoms with Crippen LogP contribution < -0.4 is 5.32 Å². The Morgan fingerprint density at radius 3 is 2.65 bits per heavy atom. The van der Waals surface area contributed by atoms with Crippen molar-refractivity contribution in [3.63, 3.8) is 0 Å². The normalized spacial score (nSPS) is 22.5. The van der Waals surface area contributed by atoms with Crippen molar-refractivity contribution in [2.24, 2.45) is 11.8 Å². The fraction of sp³-hybridized carbons (Fsp3) is 0.929. The van der Waals surface area contributed by atoms with E-state index in [1.54, 1.807) is 0 Å². The molecule has 0 saturated carbocycles. The number of carbonyl (C=O) groups excluding carboxylic acids is 1. The van der Waals surface area contributed by atoms with Crippen LogP contribution in [0.1, 0.15) is 47.0 Å². The minimum absolute atomic E-state index is 0.361. The number of amides is 1. The second-order valence-corrected chi connectivity index (χ2v) is 5.65. The van der Waals surface area contributed by atoms with E-state index in [9.17, 15) is 4.79 Å². The molecule has 3 heteroatoms. The van der Waals surface area contributed by atoms with Gasteiger partial charge in [0.05, 0.1) is 0 Å². The molecule has 0 aromatic heterocycles. The van der Waals surface area contributed by atoms with Crippen LogP contribution in [0.4, 0.5) is 0 Å². The van der Waals surface area contributed by atoms with Crippen molar-refractivity contribution in [2.45, 2.75) is 53.0 Å². The summed E-state index contributed by atoms with van der Waals surface area (Å²) >= 11 is 0. The first-order valence-electron chi connectivity index (χ1n) is 7.05. The number of likely N-dealkylation sites (tertiary alicyclic amines) is 1. The first-order chi connectivity index (χ1) is 8.04. The summed E-state index contributed by atoms with van der Waals surface area (Å²) in [5.74, 6) is 1.57. The van der Waals surface area contributed by atoms with Gasteiger partial charge in [0.15, 0.2) is 0 Å². The van der Waals surface area contributed by atoms with E-state index in [-0.39, 0.29) is 0 Å². The Labute approximate surface area is 106 Å². The van der Waals surface area contributed by atoms with Crippen LogP contribution in [-0.4, -0.2) is 36.5 Å². The van der Waals surface area contributed by atoms with Crippen LogP contribution in [0.3, 0.4) is 0 Å². The second kappa shape index (κ2) is 7.00. The van der Waals surface area contributed by atoms with Gasteiger partial charge < -0.3 is 10.2 Å². The largest absolute Gasteiger partial charge is 0.342 e. The molecule has 1 rings (SSSR count). The second-order valence-electron chi connectivity index (χ2n) is 5.65. The molecule has 0 aromatic rings. The molecule has 0 bridgehead atoms. The summed E-state index contributed by atoms with van der Waals surface area (Å²) in [7, 11) is 0. The first-order valence-corrected chi connectivity index (χ1v) is 7.05. The van der Waals surface area contributed by atoms with Gasteiger partial charge in [-0.2, -0.15) is 0 Å². The van der Waals surface area contributed by atoms with Crippen LogP contribution in [0, 0.1) is 11.8 Å².